The molecule has 88 valence electrons. The van der Waals surface area contributed by atoms with Gasteiger partial charge in [-0.2, -0.15) is 0 Å². The first-order valence-corrected chi connectivity index (χ1v) is 7.01. The zero-order chi connectivity index (χ0) is 11.4. The molecule has 1 aliphatic heterocycles. The van der Waals surface area contributed by atoms with Crippen molar-refractivity contribution in [3.8, 4) is 0 Å². The summed E-state index contributed by atoms with van der Waals surface area (Å²) in [4.78, 5) is 0. The van der Waals surface area contributed by atoms with E-state index in [9.17, 15) is 0 Å². The lowest BCUT2D eigenvalue weighted by atomic mass is 9.86. The van der Waals surface area contributed by atoms with Crippen molar-refractivity contribution in [1.82, 2.24) is 5.32 Å². The number of halogens is 1. The normalized spacial score (nSPS) is 23.0. The van der Waals surface area contributed by atoms with Gasteiger partial charge in [0, 0.05) is 4.47 Å². The van der Waals surface area contributed by atoms with Gasteiger partial charge in [-0.05, 0) is 61.9 Å². The second-order valence-electron chi connectivity index (χ2n) is 4.90. The molecule has 0 aromatic heterocycles. The van der Waals surface area contributed by atoms with Gasteiger partial charge in [0.1, 0.15) is 0 Å². The van der Waals surface area contributed by atoms with Crippen LogP contribution in [0.5, 0.6) is 0 Å². The van der Waals surface area contributed by atoms with Crippen molar-refractivity contribution in [3.05, 3.63) is 34.3 Å². The van der Waals surface area contributed by atoms with E-state index in [0.29, 0.717) is 5.92 Å². The standard InChI is InChI=1S/C14H20BrN/c1-11(9-12-3-2-8-16-10-12)13-4-6-14(15)7-5-13/h4-7,11-12,16H,2-3,8-10H2,1H3. The third-order valence-corrected chi connectivity index (χ3v) is 4.05. The van der Waals surface area contributed by atoms with Gasteiger partial charge in [-0.15, -0.1) is 0 Å². The van der Waals surface area contributed by atoms with E-state index in [1.54, 1.807) is 0 Å². The van der Waals surface area contributed by atoms with E-state index >= 15 is 0 Å². The fourth-order valence-corrected chi connectivity index (χ4v) is 2.82. The molecular formula is C14H20BrN. The summed E-state index contributed by atoms with van der Waals surface area (Å²) in [6, 6.07) is 8.77. The van der Waals surface area contributed by atoms with E-state index in [1.165, 1.54) is 42.4 Å². The van der Waals surface area contributed by atoms with Crippen molar-refractivity contribution >= 4 is 15.9 Å². The molecular weight excluding hydrogens is 262 g/mol. The Balaban J connectivity index is 1.91. The lowest BCUT2D eigenvalue weighted by Crippen LogP contribution is -2.30. The van der Waals surface area contributed by atoms with Crippen LogP contribution in [-0.4, -0.2) is 13.1 Å². The van der Waals surface area contributed by atoms with Gasteiger partial charge < -0.3 is 5.32 Å². The zero-order valence-electron chi connectivity index (χ0n) is 9.88. The molecule has 1 saturated heterocycles. The molecule has 16 heavy (non-hydrogen) atoms. The van der Waals surface area contributed by atoms with Crippen LogP contribution in [0.4, 0.5) is 0 Å². The second kappa shape index (κ2) is 5.83. The molecule has 0 aliphatic carbocycles. The van der Waals surface area contributed by atoms with Gasteiger partial charge in [0.15, 0.2) is 0 Å². The molecule has 2 atom stereocenters. The minimum Gasteiger partial charge on any atom is -0.316 e. The smallest absolute Gasteiger partial charge is 0.0175 e. The van der Waals surface area contributed by atoms with Gasteiger partial charge in [0.05, 0.1) is 0 Å². The Morgan fingerprint density at radius 2 is 2.12 bits per heavy atom. The van der Waals surface area contributed by atoms with Gasteiger partial charge in [0.25, 0.3) is 0 Å². The van der Waals surface area contributed by atoms with Crippen LogP contribution in [0.25, 0.3) is 0 Å². The molecule has 1 N–H and O–H groups in total. The third kappa shape index (κ3) is 3.33. The Morgan fingerprint density at radius 1 is 1.38 bits per heavy atom. The van der Waals surface area contributed by atoms with Crippen LogP contribution < -0.4 is 5.32 Å². The van der Waals surface area contributed by atoms with Gasteiger partial charge in [0.2, 0.25) is 0 Å². The summed E-state index contributed by atoms with van der Waals surface area (Å²) in [7, 11) is 0. The number of nitrogens with one attached hydrogen (secondary N) is 1. The summed E-state index contributed by atoms with van der Waals surface area (Å²) in [6.07, 6.45) is 4.06. The molecule has 2 rings (SSSR count). The topological polar surface area (TPSA) is 12.0 Å². The highest BCUT2D eigenvalue weighted by atomic mass is 79.9. The highest BCUT2D eigenvalue weighted by Crippen LogP contribution is 2.27. The van der Waals surface area contributed by atoms with Crippen LogP contribution in [0.2, 0.25) is 0 Å². The lowest BCUT2D eigenvalue weighted by molar-refractivity contribution is 0.340. The van der Waals surface area contributed by atoms with Crippen molar-refractivity contribution in [3.63, 3.8) is 0 Å². The Kier molecular flexibility index (Phi) is 4.42. The maximum atomic E-state index is 3.49. The average Bonchev–Trinajstić information content (AvgIpc) is 2.31. The molecule has 1 heterocycles. The molecule has 1 nitrogen and oxygen atoms in total. The number of hydrogen-bond acceptors (Lipinski definition) is 1. The molecule has 0 amide bonds. The summed E-state index contributed by atoms with van der Waals surface area (Å²) in [5, 5.41) is 3.49. The lowest BCUT2D eigenvalue weighted by Gasteiger charge is -2.25. The first kappa shape index (κ1) is 12.1. The van der Waals surface area contributed by atoms with E-state index in [1.807, 2.05) is 0 Å². The monoisotopic (exact) mass is 281 g/mol. The molecule has 1 aliphatic rings. The predicted molar refractivity (Wildman–Crippen MR) is 72.8 cm³/mol. The summed E-state index contributed by atoms with van der Waals surface area (Å²) < 4.78 is 1.17. The van der Waals surface area contributed by atoms with Crippen LogP contribution in [-0.2, 0) is 0 Å². The molecule has 2 heteroatoms. The average molecular weight is 282 g/mol. The number of piperidine rings is 1. The number of hydrogen-bond donors (Lipinski definition) is 1. The molecule has 1 aromatic carbocycles. The van der Waals surface area contributed by atoms with E-state index in [2.05, 4.69) is 52.4 Å². The summed E-state index contributed by atoms with van der Waals surface area (Å²) >= 11 is 3.48. The SMILES string of the molecule is CC(CC1CCCNC1)c1ccc(Br)cc1. The maximum Gasteiger partial charge on any atom is 0.0175 e. The maximum absolute atomic E-state index is 3.49. The van der Waals surface area contributed by atoms with Gasteiger partial charge >= 0.3 is 0 Å². The van der Waals surface area contributed by atoms with Crippen LogP contribution in [0.3, 0.4) is 0 Å². The van der Waals surface area contributed by atoms with Gasteiger partial charge in [-0.3, -0.25) is 0 Å². The highest BCUT2D eigenvalue weighted by molar-refractivity contribution is 9.10. The fraction of sp³-hybridized carbons (Fsp3) is 0.571. The Bertz CT molecular complexity index is 314. The predicted octanol–water partition coefficient (Wildman–Crippen LogP) is 3.94. The number of rotatable bonds is 3. The van der Waals surface area contributed by atoms with Crippen molar-refractivity contribution in [2.75, 3.05) is 13.1 Å². The van der Waals surface area contributed by atoms with E-state index in [0.717, 1.165) is 5.92 Å². The van der Waals surface area contributed by atoms with Crippen molar-refractivity contribution in [2.45, 2.75) is 32.1 Å². The molecule has 0 bridgehead atoms. The van der Waals surface area contributed by atoms with Crippen molar-refractivity contribution < 1.29 is 0 Å². The fourth-order valence-electron chi connectivity index (χ4n) is 2.55. The van der Waals surface area contributed by atoms with Crippen LogP contribution >= 0.6 is 15.9 Å². The van der Waals surface area contributed by atoms with E-state index in [-0.39, 0.29) is 0 Å². The molecule has 0 radical (unpaired) electrons. The first-order valence-electron chi connectivity index (χ1n) is 6.22. The molecule has 0 saturated carbocycles. The third-order valence-electron chi connectivity index (χ3n) is 3.52. The Morgan fingerprint density at radius 3 is 2.75 bits per heavy atom. The molecule has 0 spiro atoms. The highest BCUT2D eigenvalue weighted by Gasteiger charge is 2.16. The minimum absolute atomic E-state index is 0.679. The minimum atomic E-state index is 0.679. The Labute approximate surface area is 107 Å². The summed E-state index contributed by atoms with van der Waals surface area (Å²) in [5.41, 5.74) is 1.47. The molecule has 1 aromatic rings. The quantitative estimate of drug-likeness (QED) is 0.885. The van der Waals surface area contributed by atoms with E-state index < -0.39 is 0 Å². The number of benzene rings is 1. The van der Waals surface area contributed by atoms with Crippen LogP contribution in [0.1, 0.15) is 37.7 Å². The van der Waals surface area contributed by atoms with Gasteiger partial charge in [-0.1, -0.05) is 35.0 Å². The zero-order valence-corrected chi connectivity index (χ0v) is 11.5. The Hall–Kier alpha value is -0.340. The van der Waals surface area contributed by atoms with Crippen molar-refractivity contribution in [1.29, 1.82) is 0 Å². The second-order valence-corrected chi connectivity index (χ2v) is 5.82. The first-order chi connectivity index (χ1) is 7.75. The van der Waals surface area contributed by atoms with E-state index in [4.69, 9.17) is 0 Å². The molecule has 1 fully saturated rings. The van der Waals surface area contributed by atoms with Crippen molar-refractivity contribution in [2.24, 2.45) is 5.92 Å². The molecule has 2 unspecified atom stereocenters. The van der Waals surface area contributed by atoms with Gasteiger partial charge in [-0.25, -0.2) is 0 Å². The van der Waals surface area contributed by atoms with Crippen LogP contribution in [0.15, 0.2) is 28.7 Å². The largest absolute Gasteiger partial charge is 0.316 e. The summed E-state index contributed by atoms with van der Waals surface area (Å²) in [5.74, 6) is 1.55. The van der Waals surface area contributed by atoms with Crippen LogP contribution in [0, 0.1) is 5.92 Å². The summed E-state index contributed by atoms with van der Waals surface area (Å²) in [6.45, 7) is 4.77.